The standard InChI is InChI=1S/C15H10ClNO2/c1-8(18)17-12-7-6-11(16)13-9-4-2-3-5-10(9)15(19)14(12)13/h2-7H,1H3,(H,17,18). The van der Waals surface area contributed by atoms with Crippen molar-refractivity contribution in [1.82, 2.24) is 0 Å². The lowest BCUT2D eigenvalue weighted by atomic mass is 10.0. The highest BCUT2D eigenvalue weighted by Crippen LogP contribution is 2.44. The second-order valence-electron chi connectivity index (χ2n) is 4.40. The molecule has 2 aromatic carbocycles. The molecule has 0 saturated carbocycles. The van der Waals surface area contributed by atoms with Crippen molar-refractivity contribution in [1.29, 1.82) is 0 Å². The van der Waals surface area contributed by atoms with Crippen LogP contribution < -0.4 is 5.32 Å². The number of hydrogen-bond donors (Lipinski definition) is 1. The number of amides is 1. The Morgan fingerprint density at radius 1 is 1.05 bits per heavy atom. The molecule has 94 valence electrons. The van der Waals surface area contributed by atoms with Crippen LogP contribution in [0.5, 0.6) is 0 Å². The molecule has 0 unspecified atom stereocenters. The molecular weight excluding hydrogens is 262 g/mol. The minimum Gasteiger partial charge on any atom is -0.326 e. The van der Waals surface area contributed by atoms with Gasteiger partial charge in [0.05, 0.1) is 11.3 Å². The van der Waals surface area contributed by atoms with Crippen LogP contribution in [0.1, 0.15) is 22.8 Å². The average molecular weight is 272 g/mol. The highest BCUT2D eigenvalue weighted by Gasteiger charge is 2.31. The van der Waals surface area contributed by atoms with E-state index in [0.29, 0.717) is 27.4 Å². The second-order valence-corrected chi connectivity index (χ2v) is 4.81. The van der Waals surface area contributed by atoms with E-state index in [1.807, 2.05) is 18.2 Å². The predicted molar refractivity (Wildman–Crippen MR) is 74.6 cm³/mol. The first-order valence-electron chi connectivity index (χ1n) is 5.84. The van der Waals surface area contributed by atoms with E-state index in [-0.39, 0.29) is 11.7 Å². The third-order valence-electron chi connectivity index (χ3n) is 3.13. The molecule has 1 amide bonds. The molecule has 1 N–H and O–H groups in total. The summed E-state index contributed by atoms with van der Waals surface area (Å²) in [4.78, 5) is 23.7. The normalized spacial score (nSPS) is 12.0. The van der Waals surface area contributed by atoms with E-state index in [2.05, 4.69) is 5.32 Å². The maximum absolute atomic E-state index is 12.4. The number of carbonyl (C=O) groups is 2. The number of anilines is 1. The van der Waals surface area contributed by atoms with Crippen molar-refractivity contribution in [2.75, 3.05) is 5.32 Å². The first-order chi connectivity index (χ1) is 9.09. The van der Waals surface area contributed by atoms with E-state index in [1.165, 1.54) is 6.92 Å². The molecule has 1 aliphatic carbocycles. The Bertz CT molecular complexity index is 722. The van der Waals surface area contributed by atoms with Crippen LogP contribution in [0.15, 0.2) is 36.4 Å². The van der Waals surface area contributed by atoms with Crippen molar-refractivity contribution in [3.63, 3.8) is 0 Å². The van der Waals surface area contributed by atoms with Gasteiger partial charge in [-0.2, -0.15) is 0 Å². The van der Waals surface area contributed by atoms with E-state index in [4.69, 9.17) is 11.6 Å². The number of halogens is 1. The van der Waals surface area contributed by atoms with Gasteiger partial charge in [-0.3, -0.25) is 9.59 Å². The molecule has 0 spiro atoms. The molecule has 0 heterocycles. The van der Waals surface area contributed by atoms with Gasteiger partial charge in [-0.25, -0.2) is 0 Å². The molecule has 4 heteroatoms. The monoisotopic (exact) mass is 271 g/mol. The van der Waals surface area contributed by atoms with Crippen LogP contribution in [-0.4, -0.2) is 11.7 Å². The summed E-state index contributed by atoms with van der Waals surface area (Å²) >= 11 is 6.21. The average Bonchev–Trinajstić information content (AvgIpc) is 2.68. The molecule has 0 aromatic heterocycles. The number of carbonyl (C=O) groups excluding carboxylic acids is 2. The van der Waals surface area contributed by atoms with E-state index in [9.17, 15) is 9.59 Å². The van der Waals surface area contributed by atoms with Crippen molar-refractivity contribution in [3.05, 3.63) is 52.5 Å². The summed E-state index contributed by atoms with van der Waals surface area (Å²) < 4.78 is 0. The first kappa shape index (κ1) is 11.9. The Labute approximate surface area is 115 Å². The summed E-state index contributed by atoms with van der Waals surface area (Å²) in [5.41, 5.74) is 3.13. The van der Waals surface area contributed by atoms with Gasteiger partial charge in [-0.15, -0.1) is 0 Å². The fraction of sp³-hybridized carbons (Fsp3) is 0.0667. The topological polar surface area (TPSA) is 46.2 Å². The molecule has 0 bridgehead atoms. The predicted octanol–water partition coefficient (Wildman–Crippen LogP) is 3.51. The number of nitrogens with one attached hydrogen (secondary N) is 1. The van der Waals surface area contributed by atoms with E-state index in [0.717, 1.165) is 5.56 Å². The Morgan fingerprint density at radius 3 is 2.42 bits per heavy atom. The zero-order chi connectivity index (χ0) is 13.6. The number of hydrogen-bond acceptors (Lipinski definition) is 2. The molecule has 3 nitrogen and oxygen atoms in total. The smallest absolute Gasteiger partial charge is 0.221 e. The summed E-state index contributed by atoms with van der Waals surface area (Å²) in [6.45, 7) is 1.41. The third-order valence-corrected chi connectivity index (χ3v) is 3.45. The van der Waals surface area contributed by atoms with Crippen molar-refractivity contribution in [2.45, 2.75) is 6.92 Å². The third kappa shape index (κ3) is 1.74. The van der Waals surface area contributed by atoms with Gasteiger partial charge in [0.15, 0.2) is 5.78 Å². The zero-order valence-electron chi connectivity index (χ0n) is 10.2. The quantitative estimate of drug-likeness (QED) is 0.736. The highest BCUT2D eigenvalue weighted by molar-refractivity contribution is 6.37. The maximum Gasteiger partial charge on any atom is 0.221 e. The Kier molecular flexibility index (Phi) is 2.64. The lowest BCUT2D eigenvalue weighted by Gasteiger charge is -2.09. The van der Waals surface area contributed by atoms with Crippen molar-refractivity contribution < 1.29 is 9.59 Å². The van der Waals surface area contributed by atoms with Gasteiger partial charge in [0.1, 0.15) is 0 Å². The SMILES string of the molecule is CC(=O)Nc1ccc(Cl)c2c1C(=O)c1ccccc1-2. The number of ketones is 1. The fourth-order valence-electron chi connectivity index (χ4n) is 2.40. The zero-order valence-corrected chi connectivity index (χ0v) is 10.9. The molecule has 19 heavy (non-hydrogen) atoms. The van der Waals surface area contributed by atoms with Gasteiger partial charge in [-0.05, 0) is 17.7 Å². The molecule has 0 atom stereocenters. The van der Waals surface area contributed by atoms with Crippen molar-refractivity contribution >= 4 is 29.0 Å². The largest absolute Gasteiger partial charge is 0.326 e. The summed E-state index contributed by atoms with van der Waals surface area (Å²) in [5.74, 6) is -0.315. The van der Waals surface area contributed by atoms with E-state index < -0.39 is 0 Å². The second kappa shape index (κ2) is 4.21. The Morgan fingerprint density at radius 2 is 1.74 bits per heavy atom. The summed E-state index contributed by atoms with van der Waals surface area (Å²) in [7, 11) is 0. The number of benzene rings is 2. The van der Waals surface area contributed by atoms with Crippen LogP contribution in [0.2, 0.25) is 5.02 Å². The molecule has 0 saturated heterocycles. The van der Waals surface area contributed by atoms with Crippen LogP contribution in [0.25, 0.3) is 11.1 Å². The van der Waals surface area contributed by atoms with Crippen LogP contribution in [0.4, 0.5) is 5.69 Å². The van der Waals surface area contributed by atoms with Crippen molar-refractivity contribution in [3.8, 4) is 11.1 Å². The first-order valence-corrected chi connectivity index (χ1v) is 6.21. The van der Waals surface area contributed by atoms with Gasteiger partial charge in [0.2, 0.25) is 5.91 Å². The van der Waals surface area contributed by atoms with Gasteiger partial charge < -0.3 is 5.32 Å². The Hall–Kier alpha value is -2.13. The maximum atomic E-state index is 12.4. The van der Waals surface area contributed by atoms with Crippen LogP contribution in [-0.2, 0) is 4.79 Å². The molecule has 0 aliphatic heterocycles. The molecule has 3 rings (SSSR count). The highest BCUT2D eigenvalue weighted by atomic mass is 35.5. The lowest BCUT2D eigenvalue weighted by Crippen LogP contribution is -2.10. The van der Waals surface area contributed by atoms with Gasteiger partial charge >= 0.3 is 0 Å². The molecule has 0 radical (unpaired) electrons. The number of rotatable bonds is 1. The lowest BCUT2D eigenvalue weighted by molar-refractivity contribution is -0.114. The molecule has 1 aliphatic rings. The van der Waals surface area contributed by atoms with Gasteiger partial charge in [0, 0.05) is 23.1 Å². The molecule has 2 aromatic rings. The molecule has 0 fully saturated rings. The summed E-state index contributed by atoms with van der Waals surface area (Å²) in [6.07, 6.45) is 0. The fourth-order valence-corrected chi connectivity index (χ4v) is 2.66. The minimum atomic E-state index is -0.215. The summed E-state index contributed by atoms with van der Waals surface area (Å²) in [5, 5.41) is 3.20. The van der Waals surface area contributed by atoms with Gasteiger partial charge in [-0.1, -0.05) is 35.9 Å². The van der Waals surface area contributed by atoms with E-state index >= 15 is 0 Å². The van der Waals surface area contributed by atoms with Crippen LogP contribution >= 0.6 is 11.6 Å². The van der Waals surface area contributed by atoms with Crippen molar-refractivity contribution in [2.24, 2.45) is 0 Å². The van der Waals surface area contributed by atoms with Crippen LogP contribution in [0.3, 0.4) is 0 Å². The van der Waals surface area contributed by atoms with Crippen LogP contribution in [0, 0.1) is 0 Å². The van der Waals surface area contributed by atoms with E-state index in [1.54, 1.807) is 18.2 Å². The van der Waals surface area contributed by atoms with Gasteiger partial charge in [0.25, 0.3) is 0 Å². The summed E-state index contributed by atoms with van der Waals surface area (Å²) in [6, 6.07) is 10.7. The number of fused-ring (bicyclic) bond motifs is 3. The molecular formula is C15H10ClNO2. The Balaban J connectivity index is 2.30. The minimum absolute atomic E-state index is 0.100.